The minimum atomic E-state index is -0.390. The molecule has 0 unspecified atom stereocenters. The zero-order valence-corrected chi connectivity index (χ0v) is 13.8. The van der Waals surface area contributed by atoms with E-state index >= 15 is 0 Å². The average molecular weight is 337 g/mol. The molecule has 0 atom stereocenters. The normalized spacial score (nSPS) is 19.2. The van der Waals surface area contributed by atoms with E-state index < -0.39 is 0 Å². The van der Waals surface area contributed by atoms with E-state index in [2.05, 4.69) is 26.1 Å². The van der Waals surface area contributed by atoms with E-state index in [1.54, 1.807) is 6.07 Å². The Morgan fingerprint density at radius 1 is 1.36 bits per heavy atom. The number of hydrogen-bond donors (Lipinski definition) is 2. The fraction of sp³-hybridized carbons (Fsp3) is 0.444. The first-order chi connectivity index (χ1) is 12.2. The van der Waals surface area contributed by atoms with E-state index in [1.807, 2.05) is 0 Å². The number of hydrogen-bond acceptors (Lipinski definition) is 6. The molecule has 0 bridgehead atoms. The highest BCUT2D eigenvalue weighted by Gasteiger charge is 2.40. The number of anilines is 1. The van der Waals surface area contributed by atoms with Crippen LogP contribution in [0.25, 0.3) is 10.9 Å². The molecule has 0 amide bonds. The van der Waals surface area contributed by atoms with Crippen LogP contribution in [-0.4, -0.2) is 34.5 Å². The van der Waals surface area contributed by atoms with Gasteiger partial charge in [-0.3, -0.25) is 9.78 Å². The molecule has 0 radical (unpaired) electrons. The zero-order valence-electron chi connectivity index (χ0n) is 13.8. The van der Waals surface area contributed by atoms with Gasteiger partial charge in [-0.1, -0.05) is 11.6 Å². The maximum Gasteiger partial charge on any atom is 0.268 e. The van der Waals surface area contributed by atoms with Crippen molar-refractivity contribution < 1.29 is 5.21 Å². The first kappa shape index (κ1) is 15.6. The summed E-state index contributed by atoms with van der Waals surface area (Å²) in [4.78, 5) is 21.4. The third-order valence-electron chi connectivity index (χ3n) is 5.75. The summed E-state index contributed by atoms with van der Waals surface area (Å²) in [6.07, 6.45) is 8.87. The summed E-state index contributed by atoms with van der Waals surface area (Å²) in [6, 6.07) is 3.81. The number of pyridine rings is 2. The second-order valence-electron chi connectivity index (χ2n) is 7.03. The number of nitrogens with one attached hydrogen (secondary N) is 1. The molecule has 0 aromatic carbocycles. The third kappa shape index (κ3) is 2.54. The molecular formula is C18H19N5O2. The number of fused-ring (bicyclic) bond motifs is 1. The molecule has 1 aliphatic carbocycles. The van der Waals surface area contributed by atoms with E-state index in [0.29, 0.717) is 22.3 Å². The Balaban J connectivity index is 1.83. The van der Waals surface area contributed by atoms with E-state index in [9.17, 15) is 10.1 Å². The van der Waals surface area contributed by atoms with Gasteiger partial charge >= 0.3 is 0 Å². The highest BCUT2D eigenvalue weighted by Crippen LogP contribution is 2.49. The lowest BCUT2D eigenvalue weighted by Crippen LogP contribution is -2.44. The molecule has 4 rings (SSSR count). The van der Waals surface area contributed by atoms with Crippen molar-refractivity contribution in [3.05, 3.63) is 33.9 Å². The fourth-order valence-corrected chi connectivity index (χ4v) is 4.14. The molecule has 3 heterocycles. The standard InChI is InChI=1S/C18H19N5O2/c19-9-14-16(23-6-4-18(5-7-23)2-1-3-18)13-8-12(10-21-25)20-11-15(13)22-17(14)24/h8,10-11,25H,1-7H2,(H,22,24)/b21-10+. The molecule has 25 heavy (non-hydrogen) atoms. The number of H-pyrrole nitrogens is 1. The summed E-state index contributed by atoms with van der Waals surface area (Å²) < 4.78 is 0. The van der Waals surface area contributed by atoms with Gasteiger partial charge in [-0.15, -0.1) is 0 Å². The van der Waals surface area contributed by atoms with Gasteiger partial charge in [0.05, 0.1) is 29.3 Å². The van der Waals surface area contributed by atoms with Crippen LogP contribution in [0.1, 0.15) is 43.4 Å². The highest BCUT2D eigenvalue weighted by atomic mass is 16.4. The topological polar surface area (TPSA) is 105 Å². The molecule has 2 N–H and O–H groups in total. The number of piperidine rings is 1. The van der Waals surface area contributed by atoms with Crippen molar-refractivity contribution in [1.82, 2.24) is 9.97 Å². The first-order valence-corrected chi connectivity index (χ1v) is 8.54. The predicted molar refractivity (Wildman–Crippen MR) is 94.2 cm³/mol. The Kier molecular flexibility index (Phi) is 3.68. The van der Waals surface area contributed by atoms with Crippen molar-refractivity contribution >= 4 is 22.8 Å². The lowest BCUT2D eigenvalue weighted by atomic mass is 9.63. The fourth-order valence-electron chi connectivity index (χ4n) is 4.14. The highest BCUT2D eigenvalue weighted by molar-refractivity contribution is 5.96. The Morgan fingerprint density at radius 2 is 2.12 bits per heavy atom. The van der Waals surface area contributed by atoms with Crippen LogP contribution in [0.4, 0.5) is 5.69 Å². The number of aromatic nitrogens is 2. The van der Waals surface area contributed by atoms with Crippen LogP contribution in [0.15, 0.2) is 22.2 Å². The Hall–Kier alpha value is -2.88. The molecule has 2 aromatic heterocycles. The predicted octanol–water partition coefficient (Wildman–Crippen LogP) is 2.37. The molecule has 2 aliphatic rings. The summed E-state index contributed by atoms with van der Waals surface area (Å²) in [5, 5.41) is 22.1. The molecule has 2 fully saturated rings. The van der Waals surface area contributed by atoms with E-state index in [4.69, 9.17) is 5.21 Å². The Labute approximate surface area is 144 Å². The van der Waals surface area contributed by atoms with Crippen LogP contribution < -0.4 is 10.5 Å². The molecule has 1 aliphatic heterocycles. The summed E-state index contributed by atoms with van der Waals surface area (Å²) >= 11 is 0. The van der Waals surface area contributed by atoms with Crippen LogP contribution in [-0.2, 0) is 0 Å². The van der Waals surface area contributed by atoms with E-state index in [0.717, 1.165) is 31.3 Å². The van der Waals surface area contributed by atoms with Crippen LogP contribution in [0.2, 0.25) is 0 Å². The quantitative estimate of drug-likeness (QED) is 0.497. The molecule has 2 aromatic rings. The molecule has 1 saturated carbocycles. The monoisotopic (exact) mass is 337 g/mol. The first-order valence-electron chi connectivity index (χ1n) is 8.54. The van der Waals surface area contributed by atoms with E-state index in [-0.39, 0.29) is 11.1 Å². The minimum Gasteiger partial charge on any atom is -0.411 e. The lowest BCUT2D eigenvalue weighted by molar-refractivity contribution is 0.0956. The number of oxime groups is 1. The summed E-state index contributed by atoms with van der Waals surface area (Å²) in [5.74, 6) is 0. The number of aromatic amines is 1. The SMILES string of the molecule is N#Cc1c(N2CCC3(CCC3)CC2)c2cc(/C=N/O)ncc2[nH]c1=O. The van der Waals surface area contributed by atoms with Crippen molar-refractivity contribution in [3.8, 4) is 6.07 Å². The van der Waals surface area contributed by atoms with Gasteiger partial charge in [0, 0.05) is 18.5 Å². The maximum atomic E-state index is 12.3. The Bertz CT molecular complexity index is 942. The largest absolute Gasteiger partial charge is 0.411 e. The van der Waals surface area contributed by atoms with Crippen LogP contribution in [0.3, 0.4) is 0 Å². The molecular weight excluding hydrogens is 318 g/mol. The van der Waals surface area contributed by atoms with Gasteiger partial charge in [0.2, 0.25) is 0 Å². The van der Waals surface area contributed by atoms with Crippen molar-refractivity contribution in [2.75, 3.05) is 18.0 Å². The number of nitriles is 1. The van der Waals surface area contributed by atoms with Gasteiger partial charge in [0.25, 0.3) is 5.56 Å². The lowest BCUT2D eigenvalue weighted by Gasteiger charge is -2.48. The van der Waals surface area contributed by atoms with Gasteiger partial charge < -0.3 is 15.1 Å². The van der Waals surface area contributed by atoms with Crippen molar-refractivity contribution in [2.24, 2.45) is 10.6 Å². The van der Waals surface area contributed by atoms with Crippen molar-refractivity contribution in [1.29, 1.82) is 5.26 Å². The minimum absolute atomic E-state index is 0.134. The van der Waals surface area contributed by atoms with Crippen LogP contribution >= 0.6 is 0 Å². The molecule has 128 valence electrons. The van der Waals surface area contributed by atoms with Gasteiger partial charge in [-0.05, 0) is 37.2 Å². The third-order valence-corrected chi connectivity index (χ3v) is 5.75. The smallest absolute Gasteiger partial charge is 0.268 e. The summed E-state index contributed by atoms with van der Waals surface area (Å²) in [6.45, 7) is 1.69. The average Bonchev–Trinajstić information content (AvgIpc) is 2.60. The number of nitrogens with zero attached hydrogens (tertiary/aromatic N) is 4. The van der Waals surface area contributed by atoms with Crippen molar-refractivity contribution in [3.63, 3.8) is 0 Å². The van der Waals surface area contributed by atoms with Crippen LogP contribution in [0, 0.1) is 16.7 Å². The second kappa shape index (κ2) is 5.88. The van der Waals surface area contributed by atoms with Crippen LogP contribution in [0.5, 0.6) is 0 Å². The van der Waals surface area contributed by atoms with Crippen molar-refractivity contribution in [2.45, 2.75) is 32.1 Å². The second-order valence-corrected chi connectivity index (χ2v) is 7.03. The van der Waals surface area contributed by atoms with Gasteiger partial charge in [0.1, 0.15) is 11.6 Å². The van der Waals surface area contributed by atoms with Gasteiger partial charge in [-0.25, -0.2) is 0 Å². The Morgan fingerprint density at radius 3 is 2.72 bits per heavy atom. The molecule has 7 nitrogen and oxygen atoms in total. The summed E-state index contributed by atoms with van der Waals surface area (Å²) in [7, 11) is 0. The molecule has 1 saturated heterocycles. The molecule has 7 heteroatoms. The van der Waals surface area contributed by atoms with Gasteiger partial charge in [0.15, 0.2) is 0 Å². The molecule has 1 spiro atoms. The maximum absolute atomic E-state index is 12.3. The van der Waals surface area contributed by atoms with E-state index in [1.165, 1.54) is 31.7 Å². The zero-order chi connectivity index (χ0) is 17.4. The number of rotatable bonds is 2. The summed E-state index contributed by atoms with van der Waals surface area (Å²) in [5.41, 5.74) is 1.95. The van der Waals surface area contributed by atoms with Gasteiger partial charge in [-0.2, -0.15) is 5.26 Å².